The Morgan fingerprint density at radius 2 is 1.19 bits per heavy atom. The number of aliphatic carboxylic acids is 1. The van der Waals surface area contributed by atoms with Crippen molar-refractivity contribution in [2.75, 3.05) is 0 Å². The SMILES string of the molecule is CCCCCCCCC(C(=O)O)C(C)CCCCCCC. The molecule has 0 aromatic rings. The lowest BCUT2D eigenvalue weighted by atomic mass is 9.85. The van der Waals surface area contributed by atoms with Crippen LogP contribution >= 0.6 is 0 Å². The first-order valence-electron chi connectivity index (χ1n) is 9.36. The fourth-order valence-electron chi connectivity index (χ4n) is 3.07. The van der Waals surface area contributed by atoms with Crippen LogP contribution in [-0.2, 0) is 4.79 Å². The van der Waals surface area contributed by atoms with Gasteiger partial charge in [0.15, 0.2) is 0 Å². The van der Waals surface area contributed by atoms with E-state index < -0.39 is 5.97 Å². The zero-order valence-electron chi connectivity index (χ0n) is 14.7. The molecule has 0 rings (SSSR count). The van der Waals surface area contributed by atoms with E-state index in [2.05, 4.69) is 20.8 Å². The van der Waals surface area contributed by atoms with E-state index in [-0.39, 0.29) is 5.92 Å². The van der Waals surface area contributed by atoms with Gasteiger partial charge in [-0.1, -0.05) is 91.4 Å². The number of hydrogen-bond donors (Lipinski definition) is 1. The van der Waals surface area contributed by atoms with Gasteiger partial charge in [-0.15, -0.1) is 0 Å². The van der Waals surface area contributed by atoms with Crippen molar-refractivity contribution in [2.24, 2.45) is 11.8 Å². The Morgan fingerprint density at radius 3 is 1.67 bits per heavy atom. The van der Waals surface area contributed by atoms with Crippen molar-refractivity contribution in [1.82, 2.24) is 0 Å². The molecule has 0 aliphatic heterocycles. The molecule has 0 saturated carbocycles. The van der Waals surface area contributed by atoms with Gasteiger partial charge >= 0.3 is 5.97 Å². The summed E-state index contributed by atoms with van der Waals surface area (Å²) in [6.07, 6.45) is 15.7. The highest BCUT2D eigenvalue weighted by atomic mass is 16.4. The Hall–Kier alpha value is -0.530. The van der Waals surface area contributed by atoms with Crippen LogP contribution in [0.25, 0.3) is 0 Å². The van der Waals surface area contributed by atoms with E-state index in [0.29, 0.717) is 5.92 Å². The number of hydrogen-bond acceptors (Lipinski definition) is 1. The van der Waals surface area contributed by atoms with Gasteiger partial charge in [0.1, 0.15) is 0 Å². The summed E-state index contributed by atoms with van der Waals surface area (Å²) in [5.41, 5.74) is 0. The third kappa shape index (κ3) is 11.8. The minimum absolute atomic E-state index is 0.123. The fourth-order valence-corrected chi connectivity index (χ4v) is 3.07. The number of carboxylic acid groups (broad SMARTS) is 1. The second kappa shape index (κ2) is 14.4. The molecule has 1 N–H and O–H groups in total. The molecule has 0 aliphatic rings. The van der Waals surface area contributed by atoms with Crippen LogP contribution in [0.2, 0.25) is 0 Å². The maximum Gasteiger partial charge on any atom is 0.306 e. The van der Waals surface area contributed by atoms with E-state index in [1.807, 2.05) is 0 Å². The molecule has 126 valence electrons. The van der Waals surface area contributed by atoms with Crippen LogP contribution in [0, 0.1) is 11.8 Å². The summed E-state index contributed by atoms with van der Waals surface area (Å²) in [5, 5.41) is 9.43. The molecule has 0 aliphatic carbocycles. The average molecular weight is 299 g/mol. The van der Waals surface area contributed by atoms with Gasteiger partial charge in [0.05, 0.1) is 5.92 Å². The molecular formula is C19H38O2. The Morgan fingerprint density at radius 1 is 0.762 bits per heavy atom. The normalized spacial score (nSPS) is 14.0. The summed E-state index contributed by atoms with van der Waals surface area (Å²) in [6, 6.07) is 0. The monoisotopic (exact) mass is 298 g/mol. The summed E-state index contributed by atoms with van der Waals surface area (Å²) < 4.78 is 0. The van der Waals surface area contributed by atoms with Crippen molar-refractivity contribution >= 4 is 5.97 Å². The maximum absolute atomic E-state index is 11.4. The van der Waals surface area contributed by atoms with Crippen LogP contribution in [0.5, 0.6) is 0 Å². The van der Waals surface area contributed by atoms with Crippen molar-refractivity contribution < 1.29 is 9.90 Å². The Bertz CT molecular complexity index is 238. The second-order valence-corrected chi connectivity index (χ2v) is 6.68. The number of rotatable bonds is 15. The van der Waals surface area contributed by atoms with Crippen LogP contribution in [0.3, 0.4) is 0 Å². The average Bonchev–Trinajstić information content (AvgIpc) is 2.45. The minimum Gasteiger partial charge on any atom is -0.481 e. The number of carbonyl (C=O) groups is 1. The summed E-state index contributed by atoms with van der Waals surface area (Å²) in [7, 11) is 0. The first kappa shape index (κ1) is 20.5. The fraction of sp³-hybridized carbons (Fsp3) is 0.947. The van der Waals surface area contributed by atoms with Crippen LogP contribution < -0.4 is 0 Å². The predicted molar refractivity (Wildman–Crippen MR) is 91.7 cm³/mol. The van der Waals surface area contributed by atoms with E-state index in [4.69, 9.17) is 0 Å². The summed E-state index contributed by atoms with van der Waals surface area (Å²) in [5.74, 6) is -0.369. The van der Waals surface area contributed by atoms with Crippen LogP contribution in [0.15, 0.2) is 0 Å². The highest BCUT2D eigenvalue weighted by molar-refractivity contribution is 5.70. The molecule has 2 nitrogen and oxygen atoms in total. The molecule has 2 heteroatoms. The van der Waals surface area contributed by atoms with Crippen molar-refractivity contribution in [2.45, 2.75) is 104 Å². The van der Waals surface area contributed by atoms with Crippen LogP contribution in [-0.4, -0.2) is 11.1 Å². The van der Waals surface area contributed by atoms with Crippen molar-refractivity contribution in [1.29, 1.82) is 0 Å². The van der Waals surface area contributed by atoms with E-state index in [1.54, 1.807) is 0 Å². The molecular weight excluding hydrogens is 260 g/mol. The smallest absolute Gasteiger partial charge is 0.306 e. The third-order valence-electron chi connectivity index (χ3n) is 4.64. The van der Waals surface area contributed by atoms with Gasteiger partial charge in [-0.2, -0.15) is 0 Å². The largest absolute Gasteiger partial charge is 0.481 e. The molecule has 0 fully saturated rings. The van der Waals surface area contributed by atoms with E-state index in [9.17, 15) is 9.90 Å². The Labute approximate surface area is 132 Å². The molecule has 0 aromatic heterocycles. The third-order valence-corrected chi connectivity index (χ3v) is 4.64. The van der Waals surface area contributed by atoms with Gasteiger partial charge in [-0.05, 0) is 18.8 Å². The first-order valence-corrected chi connectivity index (χ1v) is 9.36. The molecule has 2 atom stereocenters. The predicted octanol–water partition coefficient (Wildman–Crippen LogP) is 6.43. The molecule has 0 spiro atoms. The van der Waals surface area contributed by atoms with Gasteiger partial charge in [0, 0.05) is 0 Å². The van der Waals surface area contributed by atoms with Gasteiger partial charge in [0.25, 0.3) is 0 Å². The molecule has 21 heavy (non-hydrogen) atoms. The lowest BCUT2D eigenvalue weighted by Crippen LogP contribution is -2.21. The molecule has 2 unspecified atom stereocenters. The quantitative estimate of drug-likeness (QED) is 0.353. The zero-order chi connectivity index (χ0) is 15.9. The molecule has 0 aromatic carbocycles. The topological polar surface area (TPSA) is 37.3 Å². The highest BCUT2D eigenvalue weighted by Gasteiger charge is 2.23. The minimum atomic E-state index is -0.579. The molecule has 0 heterocycles. The van der Waals surface area contributed by atoms with E-state index >= 15 is 0 Å². The Kier molecular flexibility index (Phi) is 14.0. The van der Waals surface area contributed by atoms with Gasteiger partial charge in [0.2, 0.25) is 0 Å². The molecule has 0 radical (unpaired) electrons. The highest BCUT2D eigenvalue weighted by Crippen LogP contribution is 2.25. The summed E-state index contributed by atoms with van der Waals surface area (Å²) >= 11 is 0. The van der Waals surface area contributed by atoms with E-state index in [0.717, 1.165) is 19.3 Å². The number of carboxylic acids is 1. The standard InChI is InChI=1S/C19H38O2/c1-4-6-8-10-12-14-16-18(19(20)21)17(3)15-13-11-9-7-5-2/h17-18H,4-16H2,1-3H3,(H,20,21). The van der Waals surface area contributed by atoms with E-state index in [1.165, 1.54) is 64.2 Å². The van der Waals surface area contributed by atoms with Crippen LogP contribution in [0.1, 0.15) is 104 Å². The van der Waals surface area contributed by atoms with Crippen LogP contribution in [0.4, 0.5) is 0 Å². The lowest BCUT2D eigenvalue weighted by Gasteiger charge is -2.20. The number of unbranched alkanes of at least 4 members (excludes halogenated alkanes) is 9. The van der Waals surface area contributed by atoms with Gasteiger partial charge in [-0.25, -0.2) is 0 Å². The molecule has 0 saturated heterocycles. The molecule has 0 bridgehead atoms. The first-order chi connectivity index (χ1) is 10.1. The van der Waals surface area contributed by atoms with Crippen molar-refractivity contribution in [3.05, 3.63) is 0 Å². The summed E-state index contributed by atoms with van der Waals surface area (Å²) in [4.78, 5) is 11.4. The van der Waals surface area contributed by atoms with Crippen molar-refractivity contribution in [3.8, 4) is 0 Å². The van der Waals surface area contributed by atoms with Crippen molar-refractivity contribution in [3.63, 3.8) is 0 Å². The summed E-state index contributed by atoms with van der Waals surface area (Å²) in [6.45, 7) is 6.59. The second-order valence-electron chi connectivity index (χ2n) is 6.68. The van der Waals surface area contributed by atoms with Gasteiger partial charge in [-0.3, -0.25) is 4.79 Å². The maximum atomic E-state index is 11.4. The Balaban J connectivity index is 3.80. The molecule has 0 amide bonds. The zero-order valence-corrected chi connectivity index (χ0v) is 14.7. The lowest BCUT2D eigenvalue weighted by molar-refractivity contribution is -0.143. The van der Waals surface area contributed by atoms with Gasteiger partial charge < -0.3 is 5.11 Å².